The first-order valence-electron chi connectivity index (χ1n) is 20.4. The maximum atomic E-state index is 13.2. The lowest BCUT2D eigenvalue weighted by molar-refractivity contribution is -0.136. The second kappa shape index (κ2) is 15.2. The maximum absolute atomic E-state index is 13.2. The van der Waals surface area contributed by atoms with Gasteiger partial charge in [-0.1, -0.05) is 24.3 Å². The standard InChI is InChI=1S/C46H50N6O4/c1-30-5-6-34(27-47-30)39-4-2-3-33-26-38(53)12-14-40(33)44(39)32-7-9-36(10-8-32)50-19-17-31(18-20-50)28-49-21-23-51(24-22-49)37-11-13-41-35(25-37)29-52(46(41)56)42-15-16-43(54)48-45(42)55/h5-14,25-27,31,42,53H,2-4,15-24,28-29H2,1H3,(H,48,54,55)/t42-/m0/s1. The number of piperazine rings is 1. The molecule has 9 rings (SSSR count). The van der Waals surface area contributed by atoms with Gasteiger partial charge in [0.15, 0.2) is 0 Å². The fourth-order valence-electron chi connectivity index (χ4n) is 9.56. The van der Waals surface area contributed by atoms with E-state index in [2.05, 4.69) is 73.5 Å². The Morgan fingerprint density at radius 2 is 1.46 bits per heavy atom. The first-order valence-corrected chi connectivity index (χ1v) is 20.4. The molecule has 0 bridgehead atoms. The number of aromatic nitrogens is 1. The van der Waals surface area contributed by atoms with Crippen molar-refractivity contribution < 1.29 is 19.5 Å². The number of amides is 3. The Kier molecular flexibility index (Phi) is 9.83. The third kappa shape index (κ3) is 7.18. The zero-order valence-corrected chi connectivity index (χ0v) is 32.2. The summed E-state index contributed by atoms with van der Waals surface area (Å²) >= 11 is 0. The number of phenolic OH excluding ortho intramolecular Hbond substituents is 1. The van der Waals surface area contributed by atoms with E-state index in [-0.39, 0.29) is 24.1 Å². The van der Waals surface area contributed by atoms with Gasteiger partial charge in [0.05, 0.1) is 0 Å². The van der Waals surface area contributed by atoms with Gasteiger partial charge in [-0.15, -0.1) is 0 Å². The maximum Gasteiger partial charge on any atom is 0.255 e. The molecule has 10 heteroatoms. The van der Waals surface area contributed by atoms with Gasteiger partial charge < -0.3 is 19.8 Å². The van der Waals surface area contributed by atoms with Crippen molar-refractivity contribution in [3.8, 4) is 5.75 Å². The Morgan fingerprint density at radius 1 is 0.732 bits per heavy atom. The molecule has 1 atom stereocenters. The van der Waals surface area contributed by atoms with Crippen LogP contribution >= 0.6 is 0 Å². The van der Waals surface area contributed by atoms with Crippen molar-refractivity contribution in [2.24, 2.45) is 5.92 Å². The number of rotatable bonds is 7. The van der Waals surface area contributed by atoms with Crippen molar-refractivity contribution in [2.45, 2.75) is 64.5 Å². The summed E-state index contributed by atoms with van der Waals surface area (Å²) in [5, 5.41) is 12.7. The predicted molar refractivity (Wildman–Crippen MR) is 218 cm³/mol. The molecule has 5 aliphatic rings. The molecule has 4 aromatic rings. The molecule has 0 spiro atoms. The summed E-state index contributed by atoms with van der Waals surface area (Å²) in [7, 11) is 0. The van der Waals surface area contributed by atoms with Gasteiger partial charge in [0, 0.05) is 87.6 Å². The number of aryl methyl sites for hydroxylation is 2. The van der Waals surface area contributed by atoms with Crippen LogP contribution in [-0.4, -0.2) is 89.5 Å². The minimum Gasteiger partial charge on any atom is -0.508 e. The van der Waals surface area contributed by atoms with E-state index in [9.17, 15) is 19.5 Å². The van der Waals surface area contributed by atoms with Crippen LogP contribution in [0.1, 0.15) is 82.4 Å². The number of nitrogens with zero attached hydrogens (tertiary/aromatic N) is 5. The number of benzene rings is 3. The fraction of sp³-hybridized carbons (Fsp3) is 0.391. The summed E-state index contributed by atoms with van der Waals surface area (Å²) in [5.41, 5.74) is 12.4. The van der Waals surface area contributed by atoms with Crippen LogP contribution in [0.5, 0.6) is 5.75 Å². The lowest BCUT2D eigenvalue weighted by Crippen LogP contribution is -2.52. The quantitative estimate of drug-likeness (QED) is 0.216. The van der Waals surface area contributed by atoms with E-state index >= 15 is 0 Å². The molecule has 3 aromatic carbocycles. The molecule has 0 saturated carbocycles. The third-order valence-corrected chi connectivity index (χ3v) is 12.7. The lowest BCUT2D eigenvalue weighted by atomic mass is 9.88. The first-order chi connectivity index (χ1) is 27.3. The van der Waals surface area contributed by atoms with Crippen LogP contribution in [-0.2, 0) is 22.6 Å². The number of fused-ring (bicyclic) bond motifs is 2. The van der Waals surface area contributed by atoms with Crippen molar-refractivity contribution in [1.82, 2.24) is 20.1 Å². The van der Waals surface area contributed by atoms with Gasteiger partial charge in [-0.3, -0.25) is 29.6 Å². The van der Waals surface area contributed by atoms with E-state index in [0.29, 0.717) is 30.2 Å². The summed E-state index contributed by atoms with van der Waals surface area (Å²) in [6, 6.07) is 24.8. The molecule has 56 heavy (non-hydrogen) atoms. The highest BCUT2D eigenvalue weighted by Crippen LogP contribution is 2.41. The smallest absolute Gasteiger partial charge is 0.255 e. The molecule has 4 aliphatic heterocycles. The molecular weight excluding hydrogens is 701 g/mol. The Bertz CT molecular complexity index is 2180. The van der Waals surface area contributed by atoms with Crippen LogP contribution in [0.3, 0.4) is 0 Å². The van der Waals surface area contributed by atoms with Gasteiger partial charge in [0.2, 0.25) is 11.8 Å². The highest BCUT2D eigenvalue weighted by atomic mass is 16.3. The number of allylic oxidation sites excluding steroid dienone is 1. The number of hydrogen-bond acceptors (Lipinski definition) is 8. The highest BCUT2D eigenvalue weighted by molar-refractivity contribution is 6.05. The average molecular weight is 751 g/mol. The molecule has 3 fully saturated rings. The second-order valence-electron chi connectivity index (χ2n) is 16.2. The molecule has 0 unspecified atom stereocenters. The van der Waals surface area contributed by atoms with Crippen LogP contribution < -0.4 is 15.1 Å². The van der Waals surface area contributed by atoms with Crippen LogP contribution in [0.25, 0.3) is 11.1 Å². The summed E-state index contributed by atoms with van der Waals surface area (Å²) in [4.78, 5) is 51.1. The Hall–Kier alpha value is -5.48. The average Bonchev–Trinajstić information content (AvgIpc) is 3.41. The molecule has 10 nitrogen and oxygen atoms in total. The van der Waals surface area contributed by atoms with E-state index in [1.165, 1.54) is 51.9 Å². The number of imide groups is 1. The summed E-state index contributed by atoms with van der Waals surface area (Å²) in [6.07, 6.45) is 7.92. The number of carbonyl (C=O) groups is 3. The van der Waals surface area contributed by atoms with Crippen LogP contribution in [0, 0.1) is 12.8 Å². The number of pyridine rings is 1. The van der Waals surface area contributed by atoms with Crippen LogP contribution in [0.15, 0.2) is 79.0 Å². The number of carbonyl (C=O) groups excluding carboxylic acids is 3. The molecule has 0 radical (unpaired) electrons. The SMILES string of the molecule is Cc1ccc(C2=C(c3ccc(N4CCC(CN5CCN(c6ccc7c(c6)CN([C@H]6CCC(=O)NC6=O)C7=O)CC5)CC4)cc3)c3ccc(O)cc3CCC2)cn1. The van der Waals surface area contributed by atoms with Crippen LogP contribution in [0.4, 0.5) is 11.4 Å². The molecule has 3 amide bonds. The number of hydrogen-bond donors (Lipinski definition) is 2. The van der Waals surface area contributed by atoms with Crippen molar-refractivity contribution >= 4 is 40.2 Å². The topological polar surface area (TPSA) is 109 Å². The molecular formula is C46H50N6O4. The Balaban J connectivity index is 0.802. The lowest BCUT2D eigenvalue weighted by Gasteiger charge is -2.40. The zero-order valence-electron chi connectivity index (χ0n) is 32.2. The Labute approximate surface area is 328 Å². The largest absolute Gasteiger partial charge is 0.508 e. The predicted octanol–water partition coefficient (Wildman–Crippen LogP) is 6.19. The van der Waals surface area contributed by atoms with E-state index < -0.39 is 6.04 Å². The minimum atomic E-state index is -0.589. The van der Waals surface area contributed by atoms with Gasteiger partial charge in [-0.05, 0) is 139 Å². The van der Waals surface area contributed by atoms with Crippen LogP contribution in [0.2, 0.25) is 0 Å². The zero-order chi connectivity index (χ0) is 38.3. The van der Waals surface area contributed by atoms with Crippen molar-refractivity contribution in [2.75, 3.05) is 55.6 Å². The van der Waals surface area contributed by atoms with Gasteiger partial charge in [-0.2, -0.15) is 0 Å². The molecule has 1 aliphatic carbocycles. The summed E-state index contributed by atoms with van der Waals surface area (Å²) in [6.45, 7) is 9.58. The van der Waals surface area contributed by atoms with Crippen molar-refractivity contribution in [3.05, 3.63) is 118 Å². The molecule has 1 aromatic heterocycles. The first kappa shape index (κ1) is 36.2. The molecule has 5 heterocycles. The highest BCUT2D eigenvalue weighted by Gasteiger charge is 2.39. The van der Waals surface area contributed by atoms with Gasteiger partial charge >= 0.3 is 0 Å². The second-order valence-corrected chi connectivity index (χ2v) is 16.2. The van der Waals surface area contributed by atoms with E-state index in [1.807, 2.05) is 37.4 Å². The van der Waals surface area contributed by atoms with E-state index in [1.54, 1.807) is 4.90 Å². The summed E-state index contributed by atoms with van der Waals surface area (Å²) < 4.78 is 0. The molecule has 3 saturated heterocycles. The van der Waals surface area contributed by atoms with Gasteiger partial charge in [-0.25, -0.2) is 0 Å². The number of piperidine rings is 2. The fourth-order valence-corrected chi connectivity index (χ4v) is 9.56. The monoisotopic (exact) mass is 750 g/mol. The number of aromatic hydroxyl groups is 1. The number of phenols is 1. The van der Waals surface area contributed by atoms with E-state index in [4.69, 9.17) is 0 Å². The van der Waals surface area contributed by atoms with E-state index in [0.717, 1.165) is 82.0 Å². The number of anilines is 2. The minimum absolute atomic E-state index is 0.124. The van der Waals surface area contributed by atoms with Crippen molar-refractivity contribution in [1.29, 1.82) is 0 Å². The van der Waals surface area contributed by atoms with Gasteiger partial charge in [0.25, 0.3) is 5.91 Å². The third-order valence-electron chi connectivity index (χ3n) is 12.7. The number of nitrogens with one attached hydrogen (secondary N) is 1. The normalized spacial score (nSPS) is 20.9. The van der Waals surface area contributed by atoms with Crippen molar-refractivity contribution in [3.63, 3.8) is 0 Å². The summed E-state index contributed by atoms with van der Waals surface area (Å²) in [5.74, 6) is 0.232. The molecule has 2 N–H and O–H groups in total. The van der Waals surface area contributed by atoms with Gasteiger partial charge in [0.1, 0.15) is 11.8 Å². The Morgan fingerprint density at radius 3 is 2.21 bits per heavy atom. The molecule has 288 valence electrons.